The van der Waals surface area contributed by atoms with Crippen LogP contribution in [0.4, 0.5) is 97.0 Å². The summed E-state index contributed by atoms with van der Waals surface area (Å²) < 4.78 is 40.5. The second-order valence-corrected chi connectivity index (χ2v) is 35.9. The molecule has 12 aromatic carbocycles. The monoisotopic (exact) mass is 1660 g/mol. The summed E-state index contributed by atoms with van der Waals surface area (Å²) in [5.74, 6) is 3.97. The molecule has 0 atom stereocenters. The molecule has 0 saturated heterocycles. The standard InChI is InChI=1S/C100H100N12O12/c1-95(2,3)57-49-69-85-81(53-57)123-82-54-58(96(4,5)6)50-70(86(82)99(85,13)14)110-92(116)106-66-38-22-30-46-78(66)120-74-42-26-18-34-62(74)103-90(114)104-64-36-20-28-44-76(64)122-80-48-32-24-40-68(80)108-94(118)112-72-52-60(98(10,11)12)56-84-88(72)100(15,16)87-71(51-59(97(7,8)9)55-83(87)124-84)111-93(117)107-67-39-23-31-47-79(67)121-75-43-27-19-35-63(75)102-89(113)101-61-33-17-25-41-73(61)119-77-45-29-21-37-65(77)105-91(115)109-69/h17-56H,1-16H3,(H2,101,102,113)(H2,103,104,114)(H2,105,109,115)(H2,106,110,116)(H2,107,111,117)(H2,108,112,118). The third-order valence-electron chi connectivity index (χ3n) is 21.8. The van der Waals surface area contributed by atoms with E-state index in [4.69, 9.17) is 28.4 Å². The van der Waals surface area contributed by atoms with Gasteiger partial charge in [0, 0.05) is 33.1 Å². The van der Waals surface area contributed by atoms with Crippen molar-refractivity contribution in [3.63, 3.8) is 0 Å². The SMILES string of the molecule is CC(C)(C)c1cc2c3c(c1)Oc1cc(C(C)(C)C)cc(c1C3(C)C)NC(=O)Nc1ccccc1Oc1ccccc1NC(=O)Nc1ccccc1Oc1ccccc1NC(=O)Nc1cc(C(C)(C)C)cc3c1C(C)(C)c1c(cc(C(C)(C)C)cc1O3)NC(=O)Nc1ccccc1Oc1ccccc1NC(=O)Nc1ccccc1Oc1ccccc1NC(=O)N2. The summed E-state index contributed by atoms with van der Waals surface area (Å²) >= 11 is 0. The molecular weight excluding hydrogens is 1560 g/mol. The molecule has 0 fully saturated rings. The minimum absolute atomic E-state index is 0.241. The number of benzene rings is 12. The smallest absolute Gasteiger partial charge is 0.323 e. The molecule has 124 heavy (non-hydrogen) atoms. The Hall–Kier alpha value is -14.9. The highest BCUT2D eigenvalue weighted by molar-refractivity contribution is 6.07. The molecule has 3 aliphatic heterocycles. The van der Waals surface area contributed by atoms with Crippen LogP contribution in [0.5, 0.6) is 69.0 Å². The van der Waals surface area contributed by atoms with Gasteiger partial charge in [-0.15, -0.1) is 0 Å². The Bertz CT molecular complexity index is 5510. The number of amides is 12. The zero-order valence-electron chi connectivity index (χ0n) is 72.0. The van der Waals surface area contributed by atoms with Crippen LogP contribution in [-0.4, -0.2) is 36.2 Å². The number of rotatable bonds is 0. The first-order valence-electron chi connectivity index (χ1n) is 40.9. The lowest BCUT2D eigenvalue weighted by molar-refractivity contribution is 0.261. The maximum absolute atomic E-state index is 14.9. The fourth-order valence-corrected chi connectivity index (χ4v) is 15.4. The molecule has 0 aliphatic carbocycles. The molecule has 0 spiro atoms. The van der Waals surface area contributed by atoms with Gasteiger partial charge in [0.25, 0.3) is 0 Å². The highest BCUT2D eigenvalue weighted by Crippen LogP contribution is 2.58. The maximum Gasteiger partial charge on any atom is 0.323 e. The van der Waals surface area contributed by atoms with E-state index in [1.54, 1.807) is 194 Å². The largest absolute Gasteiger partial charge is 0.457 e. The van der Waals surface area contributed by atoms with Crippen molar-refractivity contribution in [2.75, 3.05) is 63.8 Å². The second-order valence-electron chi connectivity index (χ2n) is 35.9. The van der Waals surface area contributed by atoms with E-state index in [2.05, 4.69) is 147 Å². The van der Waals surface area contributed by atoms with E-state index < -0.39 is 68.7 Å². The third kappa shape index (κ3) is 18.2. The van der Waals surface area contributed by atoms with Crippen LogP contribution in [0, 0.1) is 0 Å². The molecular formula is C100H100N12O12. The predicted molar refractivity (Wildman–Crippen MR) is 493 cm³/mol. The fourth-order valence-electron chi connectivity index (χ4n) is 15.4. The Morgan fingerprint density at radius 2 is 0.315 bits per heavy atom. The van der Waals surface area contributed by atoms with Gasteiger partial charge < -0.3 is 92.2 Å². The molecule has 3 aliphatic rings. The van der Waals surface area contributed by atoms with Crippen LogP contribution in [0.15, 0.2) is 243 Å². The average molecular weight is 1660 g/mol. The van der Waals surface area contributed by atoms with E-state index >= 15 is 0 Å². The first kappa shape index (κ1) is 84.1. The third-order valence-corrected chi connectivity index (χ3v) is 21.8. The molecule has 0 aromatic heterocycles. The van der Waals surface area contributed by atoms with Gasteiger partial charge in [-0.1, -0.05) is 208 Å². The van der Waals surface area contributed by atoms with E-state index in [0.29, 0.717) is 90.8 Å². The van der Waals surface area contributed by atoms with Crippen molar-refractivity contribution in [3.8, 4) is 69.0 Å². The topological polar surface area (TPSA) is 302 Å². The molecule has 0 unspecified atom stereocenters. The zero-order chi connectivity index (χ0) is 88.0. The van der Waals surface area contributed by atoms with Crippen molar-refractivity contribution in [1.82, 2.24) is 0 Å². The van der Waals surface area contributed by atoms with Crippen LogP contribution in [0.2, 0.25) is 0 Å². The van der Waals surface area contributed by atoms with Gasteiger partial charge >= 0.3 is 36.2 Å². The minimum atomic E-state index is -0.985. The number of anilines is 12. The van der Waals surface area contributed by atoms with Gasteiger partial charge in [-0.3, -0.25) is 0 Å². The summed E-state index contributed by atoms with van der Waals surface area (Å²) in [6.45, 7) is 33.0. The van der Waals surface area contributed by atoms with Gasteiger partial charge in [0.1, 0.15) is 23.0 Å². The number of carbonyl (C=O) groups excluding carboxylic acids is 6. The Kier molecular flexibility index (Phi) is 22.5. The van der Waals surface area contributed by atoms with Crippen molar-refractivity contribution in [2.24, 2.45) is 0 Å². The highest BCUT2D eigenvalue weighted by atomic mass is 16.5. The lowest BCUT2D eigenvalue weighted by Crippen LogP contribution is -2.31. The molecule has 12 amide bonds. The lowest BCUT2D eigenvalue weighted by atomic mass is 9.71. The van der Waals surface area contributed by atoms with Crippen LogP contribution in [-0.2, 0) is 32.5 Å². The highest BCUT2D eigenvalue weighted by Gasteiger charge is 2.44. The predicted octanol–water partition coefficient (Wildman–Crippen LogP) is 27.1. The van der Waals surface area contributed by atoms with Crippen molar-refractivity contribution in [3.05, 3.63) is 287 Å². The average Bonchev–Trinajstić information content (AvgIpc) is 0.722. The molecule has 24 heteroatoms. The summed E-state index contributed by atoms with van der Waals surface area (Å²) in [5.41, 5.74) is 6.38. The number of urea groups is 6. The first-order valence-corrected chi connectivity index (χ1v) is 40.9. The Labute approximate surface area is 721 Å². The quantitative estimate of drug-likeness (QED) is 0.0675. The van der Waals surface area contributed by atoms with Crippen molar-refractivity contribution in [1.29, 1.82) is 0 Å². The second kappa shape index (κ2) is 33.2. The number of hydrogen-bond acceptors (Lipinski definition) is 12. The number of fused-ring (bicyclic) bond motifs is 8. The molecule has 0 radical (unpaired) electrons. The zero-order valence-corrected chi connectivity index (χ0v) is 72.0. The van der Waals surface area contributed by atoms with Crippen molar-refractivity contribution >= 4 is 104 Å². The van der Waals surface area contributed by atoms with Crippen LogP contribution >= 0.6 is 0 Å². The molecule has 3 heterocycles. The summed E-state index contributed by atoms with van der Waals surface area (Å²) in [5, 5.41) is 36.6. The normalized spacial score (nSPS) is 14.9. The molecule has 15 rings (SSSR count). The Balaban J connectivity index is 0.772. The molecule has 12 aromatic rings. The van der Waals surface area contributed by atoms with Crippen LogP contribution < -0.4 is 92.2 Å². The van der Waals surface area contributed by atoms with Gasteiger partial charge in [0.15, 0.2) is 46.0 Å². The minimum Gasteiger partial charge on any atom is -0.457 e. The van der Waals surface area contributed by atoms with Crippen molar-refractivity contribution < 1.29 is 57.2 Å². The van der Waals surface area contributed by atoms with E-state index in [1.165, 1.54) is 0 Å². The van der Waals surface area contributed by atoms with Gasteiger partial charge in [-0.2, -0.15) is 0 Å². The Morgan fingerprint density at radius 3 is 0.460 bits per heavy atom. The van der Waals surface area contributed by atoms with Crippen molar-refractivity contribution in [2.45, 2.75) is 143 Å². The first-order chi connectivity index (χ1) is 58.9. The summed E-state index contributed by atoms with van der Waals surface area (Å²) in [4.78, 5) is 88.3. The molecule has 4 bridgehead atoms. The number of nitrogens with one attached hydrogen (secondary N) is 12. The number of carbonyl (C=O) groups is 6. The lowest BCUT2D eigenvalue weighted by Gasteiger charge is -2.39. The van der Waals surface area contributed by atoms with Gasteiger partial charge in [-0.25, -0.2) is 28.8 Å². The van der Waals surface area contributed by atoms with Gasteiger partial charge in [-0.05, 0) is 190 Å². The maximum atomic E-state index is 14.9. The number of ether oxygens (including phenoxy) is 6. The molecule has 0 saturated carbocycles. The summed E-state index contributed by atoms with van der Waals surface area (Å²) in [7, 11) is 0. The molecule has 24 nitrogen and oxygen atoms in total. The van der Waals surface area contributed by atoms with Gasteiger partial charge in [0.2, 0.25) is 0 Å². The van der Waals surface area contributed by atoms with E-state index in [1.807, 2.05) is 76.2 Å². The van der Waals surface area contributed by atoms with Crippen LogP contribution in [0.3, 0.4) is 0 Å². The van der Waals surface area contributed by atoms with E-state index in [-0.39, 0.29) is 68.7 Å². The number of hydrogen-bond donors (Lipinski definition) is 12. The molecule has 632 valence electrons. The molecule has 12 N–H and O–H groups in total. The Morgan fingerprint density at radius 1 is 0.185 bits per heavy atom. The summed E-state index contributed by atoms with van der Waals surface area (Å²) in [6, 6.07) is 67.1. The summed E-state index contributed by atoms with van der Waals surface area (Å²) in [6.07, 6.45) is 0. The van der Waals surface area contributed by atoms with E-state index in [0.717, 1.165) is 22.3 Å². The van der Waals surface area contributed by atoms with Crippen LogP contribution in [0.1, 0.15) is 155 Å². The fraction of sp³-hybridized carbons (Fsp3) is 0.220. The van der Waals surface area contributed by atoms with Gasteiger partial charge in [0.05, 0.1) is 68.2 Å². The number of para-hydroxylation sites is 16. The van der Waals surface area contributed by atoms with Crippen LogP contribution in [0.25, 0.3) is 0 Å². The van der Waals surface area contributed by atoms with E-state index in [9.17, 15) is 28.8 Å².